The van der Waals surface area contributed by atoms with Crippen LogP contribution >= 0.6 is 15.9 Å². The summed E-state index contributed by atoms with van der Waals surface area (Å²) in [5.74, 6) is 0.469. The van der Waals surface area contributed by atoms with Gasteiger partial charge in [-0.1, -0.05) is 18.2 Å². The van der Waals surface area contributed by atoms with E-state index in [-0.39, 0.29) is 11.9 Å². The summed E-state index contributed by atoms with van der Waals surface area (Å²) in [4.78, 5) is 0. The van der Waals surface area contributed by atoms with Gasteiger partial charge in [-0.25, -0.2) is 4.39 Å². The number of benzene rings is 2. The first-order chi connectivity index (χ1) is 10.1. The van der Waals surface area contributed by atoms with Crippen LogP contribution in [0, 0.1) is 5.82 Å². The number of nitrogens with two attached hydrogens (primary N) is 1. The Morgan fingerprint density at radius 3 is 2.38 bits per heavy atom. The van der Waals surface area contributed by atoms with Crippen LogP contribution in [0.15, 0.2) is 46.9 Å². The van der Waals surface area contributed by atoms with Crippen molar-refractivity contribution in [2.24, 2.45) is 5.73 Å². The lowest BCUT2D eigenvalue weighted by Gasteiger charge is -2.15. The second-order valence-electron chi connectivity index (χ2n) is 4.56. The van der Waals surface area contributed by atoms with Crippen molar-refractivity contribution in [2.75, 3.05) is 20.3 Å². The molecule has 0 fully saturated rings. The molecule has 21 heavy (non-hydrogen) atoms. The summed E-state index contributed by atoms with van der Waals surface area (Å²) < 4.78 is 24.3. The molecule has 0 aromatic heterocycles. The molecular formula is C16H17BrFNO2. The van der Waals surface area contributed by atoms with Crippen LogP contribution in [0.3, 0.4) is 0 Å². The molecule has 0 heterocycles. The number of rotatable bonds is 6. The van der Waals surface area contributed by atoms with E-state index in [2.05, 4.69) is 15.9 Å². The van der Waals surface area contributed by atoms with E-state index >= 15 is 0 Å². The molecule has 2 N–H and O–H groups in total. The number of halogens is 2. The molecule has 0 aliphatic heterocycles. The molecule has 2 aromatic rings. The van der Waals surface area contributed by atoms with E-state index < -0.39 is 0 Å². The Labute approximate surface area is 132 Å². The number of ether oxygens (including phenoxy) is 2. The third-order valence-corrected chi connectivity index (χ3v) is 3.71. The third kappa shape index (κ3) is 4.27. The minimum absolute atomic E-state index is 0.269. The molecule has 0 radical (unpaired) electrons. The van der Waals surface area contributed by atoms with Crippen molar-refractivity contribution in [1.29, 1.82) is 0 Å². The van der Waals surface area contributed by atoms with Gasteiger partial charge in [-0.05, 0) is 51.3 Å². The van der Waals surface area contributed by atoms with Gasteiger partial charge in [0.1, 0.15) is 18.2 Å². The molecule has 1 atom stereocenters. The largest absolute Gasteiger partial charge is 0.490 e. The smallest absolute Gasteiger partial charge is 0.133 e. The molecule has 1 unspecified atom stereocenters. The number of hydrogen-bond donors (Lipinski definition) is 1. The quantitative estimate of drug-likeness (QED) is 0.806. The maximum absolute atomic E-state index is 12.9. The van der Waals surface area contributed by atoms with Gasteiger partial charge in [0.2, 0.25) is 0 Å². The predicted molar refractivity (Wildman–Crippen MR) is 83.9 cm³/mol. The molecule has 0 saturated carbocycles. The van der Waals surface area contributed by atoms with Crippen LogP contribution in [0.5, 0.6) is 5.75 Å². The summed E-state index contributed by atoms with van der Waals surface area (Å²) in [5, 5.41) is 0. The summed E-state index contributed by atoms with van der Waals surface area (Å²) in [7, 11) is 1.63. The van der Waals surface area contributed by atoms with Crippen LogP contribution < -0.4 is 10.5 Å². The van der Waals surface area contributed by atoms with Crippen molar-refractivity contribution in [3.63, 3.8) is 0 Å². The van der Waals surface area contributed by atoms with E-state index in [1.54, 1.807) is 19.2 Å². The zero-order valence-electron chi connectivity index (χ0n) is 11.7. The van der Waals surface area contributed by atoms with E-state index in [1.807, 2.05) is 18.2 Å². The zero-order chi connectivity index (χ0) is 15.2. The van der Waals surface area contributed by atoms with E-state index in [0.29, 0.717) is 13.2 Å². The van der Waals surface area contributed by atoms with Crippen LogP contribution in [0.25, 0.3) is 0 Å². The lowest BCUT2D eigenvalue weighted by Crippen LogP contribution is -2.12. The fourth-order valence-electron chi connectivity index (χ4n) is 1.93. The van der Waals surface area contributed by atoms with Gasteiger partial charge in [-0.2, -0.15) is 0 Å². The van der Waals surface area contributed by atoms with E-state index in [0.717, 1.165) is 21.3 Å². The van der Waals surface area contributed by atoms with Gasteiger partial charge in [-0.3, -0.25) is 0 Å². The van der Waals surface area contributed by atoms with Gasteiger partial charge in [0.05, 0.1) is 17.1 Å². The molecule has 0 aliphatic rings. The fourth-order valence-corrected chi connectivity index (χ4v) is 2.44. The first-order valence-electron chi connectivity index (χ1n) is 6.54. The molecule has 2 aromatic carbocycles. The summed E-state index contributed by atoms with van der Waals surface area (Å²) in [6, 6.07) is 11.6. The Bertz CT molecular complexity index is 589. The molecule has 0 saturated heterocycles. The van der Waals surface area contributed by atoms with Gasteiger partial charge in [0, 0.05) is 7.11 Å². The average molecular weight is 354 g/mol. The molecule has 0 spiro atoms. The van der Waals surface area contributed by atoms with Crippen molar-refractivity contribution < 1.29 is 13.9 Å². The molecule has 112 valence electrons. The Balaban J connectivity index is 2.13. The highest BCUT2D eigenvalue weighted by Crippen LogP contribution is 2.30. The second-order valence-corrected chi connectivity index (χ2v) is 5.41. The molecule has 5 heteroatoms. The van der Waals surface area contributed by atoms with Crippen LogP contribution in [-0.4, -0.2) is 20.3 Å². The van der Waals surface area contributed by atoms with Crippen molar-refractivity contribution in [3.05, 3.63) is 63.9 Å². The van der Waals surface area contributed by atoms with Crippen molar-refractivity contribution in [3.8, 4) is 5.75 Å². The Kier molecular flexibility index (Phi) is 5.73. The lowest BCUT2D eigenvalue weighted by molar-refractivity contribution is 0.146. The average Bonchev–Trinajstić information content (AvgIpc) is 2.49. The van der Waals surface area contributed by atoms with E-state index in [1.165, 1.54) is 12.1 Å². The van der Waals surface area contributed by atoms with Gasteiger partial charge >= 0.3 is 0 Å². The van der Waals surface area contributed by atoms with Crippen molar-refractivity contribution >= 4 is 15.9 Å². The Morgan fingerprint density at radius 1 is 1.10 bits per heavy atom. The minimum Gasteiger partial charge on any atom is -0.490 e. The number of methoxy groups -OCH3 is 1. The highest BCUT2D eigenvalue weighted by molar-refractivity contribution is 9.10. The normalized spacial score (nSPS) is 12.2. The summed E-state index contributed by atoms with van der Waals surface area (Å²) in [6.07, 6.45) is 0. The topological polar surface area (TPSA) is 44.5 Å². The minimum atomic E-state index is -0.310. The van der Waals surface area contributed by atoms with Gasteiger partial charge in [0.15, 0.2) is 0 Å². The summed E-state index contributed by atoms with van der Waals surface area (Å²) in [5.41, 5.74) is 7.98. The van der Waals surface area contributed by atoms with Gasteiger partial charge < -0.3 is 15.2 Å². The standard InChI is InChI=1S/C16H17BrFNO2/c1-20-8-9-21-15-7-4-12(10-14(15)17)16(19)11-2-5-13(18)6-3-11/h2-7,10,16H,8-9,19H2,1H3. The third-order valence-electron chi connectivity index (χ3n) is 3.09. The van der Waals surface area contributed by atoms with Crippen molar-refractivity contribution in [2.45, 2.75) is 6.04 Å². The van der Waals surface area contributed by atoms with Gasteiger partial charge in [-0.15, -0.1) is 0 Å². The van der Waals surface area contributed by atoms with Crippen LogP contribution in [0.1, 0.15) is 17.2 Å². The van der Waals surface area contributed by atoms with Crippen LogP contribution in [0.2, 0.25) is 0 Å². The first-order valence-corrected chi connectivity index (χ1v) is 7.33. The highest BCUT2D eigenvalue weighted by atomic mass is 79.9. The molecule has 2 rings (SSSR count). The highest BCUT2D eigenvalue weighted by Gasteiger charge is 2.11. The maximum Gasteiger partial charge on any atom is 0.133 e. The monoisotopic (exact) mass is 353 g/mol. The fraction of sp³-hybridized carbons (Fsp3) is 0.250. The first kappa shape index (κ1) is 15.9. The molecule has 3 nitrogen and oxygen atoms in total. The Hall–Kier alpha value is -1.43. The van der Waals surface area contributed by atoms with Gasteiger partial charge in [0.25, 0.3) is 0 Å². The second kappa shape index (κ2) is 7.54. The van der Waals surface area contributed by atoms with Crippen LogP contribution in [-0.2, 0) is 4.74 Å². The molecule has 0 bridgehead atoms. The predicted octanol–water partition coefficient (Wildman–Crippen LogP) is 3.66. The summed E-state index contributed by atoms with van der Waals surface area (Å²) in [6.45, 7) is 1.02. The SMILES string of the molecule is COCCOc1ccc(C(N)c2ccc(F)cc2)cc1Br. The Morgan fingerprint density at radius 2 is 1.76 bits per heavy atom. The molecule has 0 amide bonds. The van der Waals surface area contributed by atoms with E-state index in [4.69, 9.17) is 15.2 Å². The maximum atomic E-state index is 12.9. The van der Waals surface area contributed by atoms with Crippen LogP contribution in [0.4, 0.5) is 4.39 Å². The molecule has 0 aliphatic carbocycles. The lowest BCUT2D eigenvalue weighted by atomic mass is 9.99. The van der Waals surface area contributed by atoms with Crippen molar-refractivity contribution in [1.82, 2.24) is 0 Å². The summed E-state index contributed by atoms with van der Waals surface area (Å²) >= 11 is 3.47. The van der Waals surface area contributed by atoms with E-state index in [9.17, 15) is 4.39 Å². The zero-order valence-corrected chi connectivity index (χ0v) is 13.3. The molecular weight excluding hydrogens is 337 g/mol. The number of hydrogen-bond acceptors (Lipinski definition) is 3.